The van der Waals surface area contributed by atoms with Crippen molar-refractivity contribution in [3.05, 3.63) is 17.7 Å². The SMILES string of the molecule is COc1cc(OCCCCC(=O)NC(C)C)cc(OC)c1CC(C)(C)C. The maximum absolute atomic E-state index is 11.6. The summed E-state index contributed by atoms with van der Waals surface area (Å²) in [4.78, 5) is 11.6. The Balaban J connectivity index is 2.64. The fourth-order valence-electron chi connectivity index (χ4n) is 2.72. The molecular weight excluding hydrogens is 330 g/mol. The number of carbonyl (C=O) groups excluding carboxylic acids is 1. The van der Waals surface area contributed by atoms with E-state index >= 15 is 0 Å². The van der Waals surface area contributed by atoms with Crippen LogP contribution in [0, 0.1) is 5.41 Å². The first-order valence-corrected chi connectivity index (χ1v) is 9.33. The highest BCUT2D eigenvalue weighted by Gasteiger charge is 2.20. The fraction of sp³-hybridized carbons (Fsp3) is 0.667. The summed E-state index contributed by atoms with van der Waals surface area (Å²) in [5.41, 5.74) is 1.18. The van der Waals surface area contributed by atoms with Gasteiger partial charge < -0.3 is 19.5 Å². The van der Waals surface area contributed by atoms with Crippen LogP contribution in [-0.2, 0) is 11.2 Å². The molecule has 0 aliphatic rings. The minimum atomic E-state index is 0.0925. The summed E-state index contributed by atoms with van der Waals surface area (Å²) in [6.45, 7) is 11.0. The molecule has 0 heterocycles. The second-order valence-electron chi connectivity index (χ2n) is 8.07. The van der Waals surface area contributed by atoms with Crippen molar-refractivity contribution in [1.82, 2.24) is 5.32 Å². The molecule has 0 bridgehead atoms. The van der Waals surface area contributed by atoms with Crippen LogP contribution in [0.1, 0.15) is 59.4 Å². The molecule has 0 saturated heterocycles. The molecule has 0 fully saturated rings. The molecule has 5 nitrogen and oxygen atoms in total. The van der Waals surface area contributed by atoms with Gasteiger partial charge in [0.25, 0.3) is 0 Å². The second kappa shape index (κ2) is 10.3. The number of benzene rings is 1. The monoisotopic (exact) mass is 365 g/mol. The van der Waals surface area contributed by atoms with E-state index in [1.807, 2.05) is 26.0 Å². The van der Waals surface area contributed by atoms with Crippen molar-refractivity contribution in [2.75, 3.05) is 20.8 Å². The first kappa shape index (κ1) is 22.1. The van der Waals surface area contributed by atoms with Crippen molar-refractivity contribution in [3.63, 3.8) is 0 Å². The van der Waals surface area contributed by atoms with Gasteiger partial charge in [0, 0.05) is 30.2 Å². The van der Waals surface area contributed by atoms with E-state index in [0.29, 0.717) is 13.0 Å². The predicted octanol–water partition coefficient (Wildman–Crippen LogP) is 4.37. The van der Waals surface area contributed by atoms with Crippen LogP contribution < -0.4 is 19.5 Å². The van der Waals surface area contributed by atoms with Crippen LogP contribution >= 0.6 is 0 Å². The van der Waals surface area contributed by atoms with Crippen LogP contribution in [-0.4, -0.2) is 32.8 Å². The van der Waals surface area contributed by atoms with Crippen LogP contribution in [0.2, 0.25) is 0 Å². The van der Waals surface area contributed by atoms with Gasteiger partial charge in [0.05, 0.1) is 20.8 Å². The lowest BCUT2D eigenvalue weighted by Gasteiger charge is -2.22. The van der Waals surface area contributed by atoms with Crippen LogP contribution in [0.25, 0.3) is 0 Å². The molecule has 0 aliphatic carbocycles. The lowest BCUT2D eigenvalue weighted by atomic mass is 9.87. The number of amides is 1. The second-order valence-corrected chi connectivity index (χ2v) is 8.07. The molecule has 0 radical (unpaired) electrons. The Bertz CT molecular complexity index is 551. The normalized spacial score (nSPS) is 11.4. The zero-order valence-electron chi connectivity index (χ0n) is 17.4. The Morgan fingerprint density at radius 3 is 2.12 bits per heavy atom. The van der Waals surface area contributed by atoms with E-state index in [0.717, 1.165) is 42.1 Å². The van der Waals surface area contributed by atoms with E-state index in [2.05, 4.69) is 26.1 Å². The third-order valence-electron chi connectivity index (χ3n) is 3.81. The van der Waals surface area contributed by atoms with Crippen molar-refractivity contribution >= 4 is 5.91 Å². The van der Waals surface area contributed by atoms with Gasteiger partial charge in [-0.25, -0.2) is 0 Å². The molecule has 148 valence electrons. The Hall–Kier alpha value is -1.91. The van der Waals surface area contributed by atoms with Crippen LogP contribution in [0.15, 0.2) is 12.1 Å². The van der Waals surface area contributed by atoms with Gasteiger partial charge in [0.1, 0.15) is 17.2 Å². The lowest BCUT2D eigenvalue weighted by Crippen LogP contribution is -2.29. The molecule has 0 aromatic heterocycles. The van der Waals surface area contributed by atoms with E-state index in [9.17, 15) is 4.79 Å². The van der Waals surface area contributed by atoms with E-state index in [-0.39, 0.29) is 17.4 Å². The average Bonchev–Trinajstić information content (AvgIpc) is 2.53. The van der Waals surface area contributed by atoms with Crippen molar-refractivity contribution < 1.29 is 19.0 Å². The number of ether oxygens (including phenoxy) is 3. The van der Waals surface area contributed by atoms with Crippen LogP contribution in [0.5, 0.6) is 17.2 Å². The molecule has 1 aromatic rings. The van der Waals surface area contributed by atoms with Gasteiger partial charge in [-0.05, 0) is 38.5 Å². The maximum atomic E-state index is 11.6. The summed E-state index contributed by atoms with van der Waals surface area (Å²) in [6, 6.07) is 4.01. The first-order valence-electron chi connectivity index (χ1n) is 9.33. The van der Waals surface area contributed by atoms with Crippen molar-refractivity contribution in [2.24, 2.45) is 5.41 Å². The van der Waals surface area contributed by atoms with Gasteiger partial charge in [-0.15, -0.1) is 0 Å². The largest absolute Gasteiger partial charge is 0.496 e. The van der Waals surface area contributed by atoms with Gasteiger partial charge in [-0.1, -0.05) is 20.8 Å². The third kappa shape index (κ3) is 7.98. The Kier molecular flexibility index (Phi) is 8.76. The zero-order chi connectivity index (χ0) is 19.7. The van der Waals surface area contributed by atoms with Gasteiger partial charge in [-0.3, -0.25) is 4.79 Å². The van der Waals surface area contributed by atoms with Gasteiger partial charge >= 0.3 is 0 Å². The minimum Gasteiger partial charge on any atom is -0.496 e. The molecule has 5 heteroatoms. The predicted molar refractivity (Wildman–Crippen MR) is 105 cm³/mol. The van der Waals surface area contributed by atoms with Gasteiger partial charge in [-0.2, -0.15) is 0 Å². The lowest BCUT2D eigenvalue weighted by molar-refractivity contribution is -0.121. The number of methoxy groups -OCH3 is 2. The molecule has 1 N–H and O–H groups in total. The summed E-state index contributed by atoms with van der Waals surface area (Å²) in [7, 11) is 3.33. The van der Waals surface area contributed by atoms with Crippen LogP contribution in [0.4, 0.5) is 0 Å². The molecule has 0 saturated carbocycles. The highest BCUT2D eigenvalue weighted by molar-refractivity contribution is 5.76. The number of nitrogens with one attached hydrogen (secondary N) is 1. The Morgan fingerprint density at radius 1 is 1.08 bits per heavy atom. The number of rotatable bonds is 10. The number of unbranched alkanes of at least 4 members (excludes halogenated alkanes) is 1. The molecule has 0 unspecified atom stereocenters. The molecular formula is C21H35NO4. The zero-order valence-corrected chi connectivity index (χ0v) is 17.4. The summed E-state index contributed by atoms with van der Waals surface area (Å²) in [5.74, 6) is 2.38. The quantitative estimate of drug-likeness (QED) is 0.626. The highest BCUT2D eigenvalue weighted by Crippen LogP contribution is 2.38. The molecule has 1 rings (SSSR count). The third-order valence-corrected chi connectivity index (χ3v) is 3.81. The summed E-state index contributed by atoms with van der Waals surface area (Å²) < 4.78 is 17.0. The fourth-order valence-corrected chi connectivity index (χ4v) is 2.72. The number of carbonyl (C=O) groups is 1. The summed E-state index contributed by atoms with van der Waals surface area (Å²) >= 11 is 0. The average molecular weight is 366 g/mol. The topological polar surface area (TPSA) is 56.8 Å². The van der Waals surface area contributed by atoms with E-state index in [1.165, 1.54) is 0 Å². The van der Waals surface area contributed by atoms with E-state index < -0.39 is 0 Å². The maximum Gasteiger partial charge on any atom is 0.220 e. The summed E-state index contributed by atoms with van der Waals surface area (Å²) in [6.07, 6.45) is 3.00. The molecule has 1 amide bonds. The van der Waals surface area contributed by atoms with E-state index in [1.54, 1.807) is 14.2 Å². The molecule has 0 spiro atoms. The molecule has 0 aliphatic heterocycles. The Morgan fingerprint density at radius 2 is 1.65 bits per heavy atom. The molecule has 1 aromatic carbocycles. The molecule has 26 heavy (non-hydrogen) atoms. The Labute approximate surface area is 158 Å². The van der Waals surface area contributed by atoms with E-state index in [4.69, 9.17) is 14.2 Å². The van der Waals surface area contributed by atoms with Crippen molar-refractivity contribution in [2.45, 2.75) is 66.3 Å². The highest BCUT2D eigenvalue weighted by atomic mass is 16.5. The smallest absolute Gasteiger partial charge is 0.220 e. The van der Waals surface area contributed by atoms with Gasteiger partial charge in [0.15, 0.2) is 0 Å². The minimum absolute atomic E-state index is 0.0925. The van der Waals surface area contributed by atoms with Crippen molar-refractivity contribution in [1.29, 1.82) is 0 Å². The standard InChI is InChI=1S/C21H35NO4/c1-15(2)22-20(23)10-8-9-11-26-16-12-18(24-6)17(14-21(3,4)5)19(13-16)25-7/h12-13,15H,8-11,14H2,1-7H3,(H,22,23). The number of hydrogen-bond acceptors (Lipinski definition) is 4. The summed E-state index contributed by atoms with van der Waals surface area (Å²) in [5, 5.41) is 2.89. The molecule has 0 atom stereocenters. The van der Waals surface area contributed by atoms with Crippen LogP contribution in [0.3, 0.4) is 0 Å². The first-order chi connectivity index (χ1) is 12.2. The van der Waals surface area contributed by atoms with Crippen molar-refractivity contribution in [3.8, 4) is 17.2 Å². The number of hydrogen-bond donors (Lipinski definition) is 1. The van der Waals surface area contributed by atoms with Gasteiger partial charge in [0.2, 0.25) is 5.91 Å².